The molecule has 1 nitrogen and oxygen atoms in total. The van der Waals surface area contributed by atoms with Crippen LogP contribution >= 0.6 is 31.9 Å². The topological polar surface area (TPSA) is 9.23 Å². The van der Waals surface area contributed by atoms with Gasteiger partial charge in [0.1, 0.15) is 10.0 Å². The first-order valence-electron chi connectivity index (χ1n) is 10.2. The highest BCUT2D eigenvalue weighted by molar-refractivity contribution is 9.10. The van der Waals surface area contributed by atoms with Crippen LogP contribution in [0.25, 0.3) is 0 Å². The molecule has 0 aromatic rings. The summed E-state index contributed by atoms with van der Waals surface area (Å²) in [6, 6.07) is 0. The van der Waals surface area contributed by atoms with E-state index in [0.29, 0.717) is 0 Å². The molecule has 0 spiro atoms. The molecule has 0 aromatic carbocycles. The van der Waals surface area contributed by atoms with Crippen LogP contribution in [0.3, 0.4) is 0 Å². The highest BCUT2D eigenvalue weighted by atomic mass is 79.9. The third-order valence-electron chi connectivity index (χ3n) is 5.83. The second-order valence-corrected chi connectivity index (χ2v) is 9.87. The van der Waals surface area contributed by atoms with Gasteiger partial charge in [-0.3, -0.25) is 0 Å². The minimum Gasteiger partial charge on any atom is -0.353 e. The fourth-order valence-electron chi connectivity index (χ4n) is 4.38. The number of hydrogen-bond donors (Lipinski definition) is 0. The number of rotatable bonds is 10. The Balaban J connectivity index is 1.45. The molecule has 2 aliphatic rings. The van der Waals surface area contributed by atoms with Crippen LogP contribution in [0, 0.1) is 11.8 Å². The molecule has 136 valence electrons. The third-order valence-corrected chi connectivity index (χ3v) is 7.18. The van der Waals surface area contributed by atoms with Gasteiger partial charge in [0, 0.05) is 0 Å². The average Bonchev–Trinajstić information content (AvgIpc) is 2.57. The molecule has 2 fully saturated rings. The van der Waals surface area contributed by atoms with Gasteiger partial charge in [0.05, 0.1) is 0 Å². The zero-order valence-electron chi connectivity index (χ0n) is 14.8. The van der Waals surface area contributed by atoms with Crippen molar-refractivity contribution in [2.45, 2.75) is 113 Å². The van der Waals surface area contributed by atoms with E-state index < -0.39 is 0 Å². The molecule has 0 bridgehead atoms. The minimum atomic E-state index is 0.227. The molecule has 0 saturated heterocycles. The summed E-state index contributed by atoms with van der Waals surface area (Å²) in [5.74, 6) is 2.00. The van der Waals surface area contributed by atoms with Gasteiger partial charge < -0.3 is 4.74 Å². The zero-order chi connectivity index (χ0) is 16.3. The normalized spacial score (nSPS) is 23.7. The van der Waals surface area contributed by atoms with Crippen molar-refractivity contribution < 1.29 is 4.74 Å². The van der Waals surface area contributed by atoms with Gasteiger partial charge in [-0.2, -0.15) is 0 Å². The lowest BCUT2D eigenvalue weighted by Crippen LogP contribution is -2.14. The van der Waals surface area contributed by atoms with E-state index in [4.69, 9.17) is 4.74 Å². The molecule has 0 radical (unpaired) electrons. The molecule has 2 aliphatic carbocycles. The molecule has 3 heteroatoms. The van der Waals surface area contributed by atoms with E-state index in [2.05, 4.69) is 31.9 Å². The smallest absolute Gasteiger partial charge is 0.114 e. The van der Waals surface area contributed by atoms with E-state index in [0.717, 1.165) is 24.7 Å². The van der Waals surface area contributed by atoms with Gasteiger partial charge in [0.2, 0.25) is 0 Å². The van der Waals surface area contributed by atoms with Gasteiger partial charge in [-0.05, 0) is 37.5 Å². The Labute approximate surface area is 161 Å². The highest BCUT2D eigenvalue weighted by Gasteiger charge is 2.17. The number of ether oxygens (including phenoxy) is 1. The standard InChI is InChI=1S/C20H36Br2O/c21-19(15-7-13-17-9-3-1-4-10-17)23-20(22)16-8-14-18-11-5-2-6-12-18/h17-20H,1-16H2. The summed E-state index contributed by atoms with van der Waals surface area (Å²) in [7, 11) is 0. The average molecular weight is 452 g/mol. The Morgan fingerprint density at radius 2 is 1.04 bits per heavy atom. The van der Waals surface area contributed by atoms with E-state index in [9.17, 15) is 0 Å². The van der Waals surface area contributed by atoms with E-state index in [1.165, 1.54) is 89.9 Å². The van der Waals surface area contributed by atoms with Gasteiger partial charge in [-0.1, -0.05) is 109 Å². The molecular formula is C20H36Br2O. The quantitative estimate of drug-likeness (QED) is 0.306. The molecule has 2 atom stereocenters. The van der Waals surface area contributed by atoms with Crippen molar-refractivity contribution in [2.75, 3.05) is 0 Å². The van der Waals surface area contributed by atoms with Crippen LogP contribution < -0.4 is 0 Å². The second kappa shape index (κ2) is 12.3. The van der Waals surface area contributed by atoms with Crippen LogP contribution in [0.15, 0.2) is 0 Å². The predicted octanol–water partition coefficient (Wildman–Crippen LogP) is 7.95. The maximum absolute atomic E-state index is 6.06. The van der Waals surface area contributed by atoms with Crippen molar-refractivity contribution >= 4 is 31.9 Å². The van der Waals surface area contributed by atoms with Crippen LogP contribution in [0.1, 0.15) is 103 Å². The summed E-state index contributed by atoms with van der Waals surface area (Å²) in [4.78, 5) is 0. The Bertz CT molecular complexity index is 257. The van der Waals surface area contributed by atoms with Crippen molar-refractivity contribution in [2.24, 2.45) is 11.8 Å². The Kier molecular flexibility index (Phi) is 10.8. The fourth-order valence-corrected chi connectivity index (χ4v) is 5.84. The number of alkyl halides is 2. The summed E-state index contributed by atoms with van der Waals surface area (Å²) >= 11 is 7.44. The van der Waals surface area contributed by atoms with E-state index >= 15 is 0 Å². The molecule has 0 amide bonds. The lowest BCUT2D eigenvalue weighted by Gasteiger charge is -2.23. The molecule has 23 heavy (non-hydrogen) atoms. The van der Waals surface area contributed by atoms with Crippen LogP contribution in [-0.2, 0) is 4.74 Å². The lowest BCUT2D eigenvalue weighted by molar-refractivity contribution is 0.0845. The molecule has 0 heterocycles. The van der Waals surface area contributed by atoms with E-state index in [1.807, 2.05) is 0 Å². The predicted molar refractivity (Wildman–Crippen MR) is 107 cm³/mol. The van der Waals surface area contributed by atoms with Gasteiger partial charge in [0.15, 0.2) is 0 Å². The van der Waals surface area contributed by atoms with Crippen LogP contribution in [0.4, 0.5) is 0 Å². The van der Waals surface area contributed by atoms with Crippen molar-refractivity contribution in [3.8, 4) is 0 Å². The van der Waals surface area contributed by atoms with Gasteiger partial charge in [-0.15, -0.1) is 0 Å². The van der Waals surface area contributed by atoms with Crippen molar-refractivity contribution in [1.82, 2.24) is 0 Å². The first-order valence-corrected chi connectivity index (χ1v) is 12.0. The molecule has 0 N–H and O–H groups in total. The van der Waals surface area contributed by atoms with Crippen molar-refractivity contribution in [3.05, 3.63) is 0 Å². The molecule has 0 aliphatic heterocycles. The first kappa shape index (κ1) is 20.2. The highest BCUT2D eigenvalue weighted by Crippen LogP contribution is 2.30. The molecule has 2 unspecified atom stereocenters. The SMILES string of the molecule is BrC(CCCC1CCCCC1)OC(Br)CCCC1CCCCC1. The molecule has 2 rings (SSSR count). The maximum Gasteiger partial charge on any atom is 0.114 e. The Hall–Kier alpha value is 0.920. The molecular weight excluding hydrogens is 416 g/mol. The van der Waals surface area contributed by atoms with Crippen LogP contribution in [0.5, 0.6) is 0 Å². The molecule has 2 saturated carbocycles. The summed E-state index contributed by atoms with van der Waals surface area (Å²) in [5.41, 5.74) is 0. The number of hydrogen-bond acceptors (Lipinski definition) is 1. The second-order valence-electron chi connectivity index (χ2n) is 7.83. The summed E-state index contributed by atoms with van der Waals surface area (Å²) in [6.45, 7) is 0. The summed E-state index contributed by atoms with van der Waals surface area (Å²) < 4.78 is 6.06. The Morgan fingerprint density at radius 3 is 1.43 bits per heavy atom. The van der Waals surface area contributed by atoms with E-state index in [-0.39, 0.29) is 10.0 Å². The molecule has 0 aromatic heterocycles. The van der Waals surface area contributed by atoms with Crippen molar-refractivity contribution in [1.29, 1.82) is 0 Å². The Morgan fingerprint density at radius 1 is 0.652 bits per heavy atom. The van der Waals surface area contributed by atoms with Gasteiger partial charge in [-0.25, -0.2) is 0 Å². The van der Waals surface area contributed by atoms with E-state index in [1.54, 1.807) is 0 Å². The fraction of sp³-hybridized carbons (Fsp3) is 1.00. The largest absolute Gasteiger partial charge is 0.353 e. The first-order chi connectivity index (χ1) is 11.2. The summed E-state index contributed by atoms with van der Waals surface area (Å²) in [6.07, 6.45) is 22.4. The third kappa shape index (κ3) is 9.26. The van der Waals surface area contributed by atoms with Crippen molar-refractivity contribution in [3.63, 3.8) is 0 Å². The zero-order valence-corrected chi connectivity index (χ0v) is 18.0. The monoisotopic (exact) mass is 450 g/mol. The van der Waals surface area contributed by atoms with Gasteiger partial charge >= 0.3 is 0 Å². The minimum absolute atomic E-state index is 0.227. The van der Waals surface area contributed by atoms with Crippen LogP contribution in [-0.4, -0.2) is 10.0 Å². The maximum atomic E-state index is 6.06. The van der Waals surface area contributed by atoms with Crippen LogP contribution in [0.2, 0.25) is 0 Å². The summed E-state index contributed by atoms with van der Waals surface area (Å²) in [5, 5.41) is 0.454. The van der Waals surface area contributed by atoms with Gasteiger partial charge in [0.25, 0.3) is 0 Å². The lowest BCUT2D eigenvalue weighted by atomic mass is 9.86. The number of halogens is 2.